The van der Waals surface area contributed by atoms with E-state index in [0.717, 1.165) is 16.2 Å². The molecule has 0 atom stereocenters. The maximum absolute atomic E-state index is 12.5. The first-order chi connectivity index (χ1) is 14.4. The lowest BCUT2D eigenvalue weighted by atomic mass is 10.2. The predicted octanol–water partition coefficient (Wildman–Crippen LogP) is 3.73. The molecule has 3 aromatic rings. The highest BCUT2D eigenvalue weighted by atomic mass is 32.2. The number of nitrogens with one attached hydrogen (secondary N) is 2. The van der Waals surface area contributed by atoms with Gasteiger partial charge in [0, 0.05) is 23.5 Å². The van der Waals surface area contributed by atoms with Crippen molar-refractivity contribution in [1.29, 1.82) is 0 Å². The van der Waals surface area contributed by atoms with Crippen LogP contribution in [0.2, 0.25) is 0 Å². The summed E-state index contributed by atoms with van der Waals surface area (Å²) in [5.41, 5.74) is 1.43. The molecule has 1 aromatic heterocycles. The molecular weight excluding hydrogens is 420 g/mol. The van der Waals surface area contributed by atoms with Gasteiger partial charge in [-0.25, -0.2) is 13.1 Å². The number of carbonyl (C=O) groups excluding carboxylic acids is 1. The van der Waals surface area contributed by atoms with Crippen molar-refractivity contribution in [3.63, 3.8) is 0 Å². The van der Waals surface area contributed by atoms with Crippen molar-refractivity contribution in [2.45, 2.75) is 24.8 Å². The molecule has 8 heteroatoms. The van der Waals surface area contributed by atoms with Crippen LogP contribution in [-0.4, -0.2) is 27.5 Å². The van der Waals surface area contributed by atoms with Crippen LogP contribution in [0.4, 0.5) is 0 Å². The third-order valence-electron chi connectivity index (χ3n) is 4.29. The monoisotopic (exact) mass is 444 g/mol. The molecule has 0 aliphatic carbocycles. The smallest absolute Gasteiger partial charge is 0.251 e. The Hall–Kier alpha value is -2.68. The first-order valence-corrected chi connectivity index (χ1v) is 11.9. The standard InChI is InChI=1S/C22H24N2O4S2/c1-17-6-2-8-19(14-17)28-12-5-11-23-22(25)18-7-3-10-21(15-18)30(26,27)24-16-20-9-4-13-29-20/h2-4,6-10,13-15,24H,5,11-12,16H2,1H3,(H,23,25). The van der Waals surface area contributed by atoms with Crippen LogP contribution < -0.4 is 14.8 Å². The molecule has 3 rings (SSSR count). The Morgan fingerprint density at radius 1 is 1.07 bits per heavy atom. The van der Waals surface area contributed by atoms with Crippen LogP contribution in [0, 0.1) is 6.92 Å². The fourth-order valence-electron chi connectivity index (χ4n) is 2.74. The molecule has 0 aliphatic rings. The number of ether oxygens (including phenoxy) is 1. The average Bonchev–Trinajstić information content (AvgIpc) is 3.26. The van der Waals surface area contributed by atoms with Crippen LogP contribution in [0.15, 0.2) is 70.9 Å². The highest BCUT2D eigenvalue weighted by molar-refractivity contribution is 7.89. The van der Waals surface area contributed by atoms with Crippen LogP contribution in [0.3, 0.4) is 0 Å². The number of aryl methyl sites for hydroxylation is 1. The van der Waals surface area contributed by atoms with E-state index in [9.17, 15) is 13.2 Å². The summed E-state index contributed by atoms with van der Waals surface area (Å²) in [5.74, 6) is 0.482. The zero-order chi connectivity index (χ0) is 21.4. The molecule has 30 heavy (non-hydrogen) atoms. The van der Waals surface area contributed by atoms with E-state index in [0.29, 0.717) is 25.1 Å². The fourth-order valence-corrected chi connectivity index (χ4v) is 4.53. The lowest BCUT2D eigenvalue weighted by Crippen LogP contribution is -2.26. The fraction of sp³-hybridized carbons (Fsp3) is 0.227. The summed E-state index contributed by atoms with van der Waals surface area (Å²) in [7, 11) is -3.70. The van der Waals surface area contributed by atoms with Crippen LogP contribution in [0.25, 0.3) is 0 Å². The minimum absolute atomic E-state index is 0.0643. The number of hydrogen-bond acceptors (Lipinski definition) is 5. The molecule has 2 N–H and O–H groups in total. The van der Waals surface area contributed by atoms with E-state index < -0.39 is 10.0 Å². The average molecular weight is 445 g/mol. The number of carbonyl (C=O) groups is 1. The van der Waals surface area contributed by atoms with Crippen molar-refractivity contribution in [1.82, 2.24) is 10.0 Å². The van der Waals surface area contributed by atoms with E-state index in [-0.39, 0.29) is 17.3 Å². The number of hydrogen-bond donors (Lipinski definition) is 2. The molecule has 158 valence electrons. The molecular formula is C22H24N2O4S2. The first-order valence-electron chi connectivity index (χ1n) is 9.54. The second kappa shape index (κ2) is 10.4. The van der Waals surface area contributed by atoms with Gasteiger partial charge in [-0.05, 0) is 60.7 Å². The van der Waals surface area contributed by atoms with Gasteiger partial charge in [-0.15, -0.1) is 11.3 Å². The lowest BCUT2D eigenvalue weighted by Gasteiger charge is -2.09. The van der Waals surface area contributed by atoms with E-state index in [1.54, 1.807) is 12.1 Å². The highest BCUT2D eigenvalue weighted by Crippen LogP contribution is 2.14. The summed E-state index contributed by atoms with van der Waals surface area (Å²) in [4.78, 5) is 13.4. The summed E-state index contributed by atoms with van der Waals surface area (Å²) in [5, 5.41) is 4.69. The van der Waals surface area contributed by atoms with Gasteiger partial charge in [0.25, 0.3) is 5.91 Å². The van der Waals surface area contributed by atoms with Crippen molar-refractivity contribution >= 4 is 27.3 Å². The van der Waals surface area contributed by atoms with Gasteiger partial charge in [-0.2, -0.15) is 0 Å². The van der Waals surface area contributed by atoms with E-state index >= 15 is 0 Å². The Balaban J connectivity index is 1.49. The van der Waals surface area contributed by atoms with Gasteiger partial charge in [-0.1, -0.05) is 24.3 Å². The molecule has 0 saturated heterocycles. The molecule has 1 heterocycles. The van der Waals surface area contributed by atoms with Gasteiger partial charge >= 0.3 is 0 Å². The van der Waals surface area contributed by atoms with Crippen molar-refractivity contribution < 1.29 is 17.9 Å². The Kier molecular flexibility index (Phi) is 7.62. The van der Waals surface area contributed by atoms with E-state index in [1.165, 1.54) is 23.5 Å². The Morgan fingerprint density at radius 2 is 1.90 bits per heavy atom. The Morgan fingerprint density at radius 3 is 2.67 bits per heavy atom. The van der Waals surface area contributed by atoms with Gasteiger partial charge in [0.05, 0.1) is 11.5 Å². The normalized spacial score (nSPS) is 11.2. The summed E-state index contributed by atoms with van der Waals surface area (Å²) in [6.07, 6.45) is 0.639. The van der Waals surface area contributed by atoms with Crippen LogP contribution in [-0.2, 0) is 16.6 Å². The molecule has 0 saturated carbocycles. The topological polar surface area (TPSA) is 84.5 Å². The summed E-state index contributed by atoms with van der Waals surface area (Å²) in [6.45, 7) is 3.12. The molecule has 0 radical (unpaired) electrons. The van der Waals surface area contributed by atoms with Gasteiger partial charge in [-0.3, -0.25) is 4.79 Å². The zero-order valence-corrected chi connectivity index (χ0v) is 18.3. The van der Waals surface area contributed by atoms with E-state index in [2.05, 4.69) is 10.0 Å². The van der Waals surface area contributed by atoms with Gasteiger partial charge in [0.15, 0.2) is 0 Å². The minimum Gasteiger partial charge on any atom is -0.494 e. The maximum Gasteiger partial charge on any atom is 0.251 e. The third-order valence-corrected chi connectivity index (χ3v) is 6.56. The molecule has 1 amide bonds. The van der Waals surface area contributed by atoms with Crippen molar-refractivity contribution in [2.24, 2.45) is 0 Å². The maximum atomic E-state index is 12.5. The number of benzene rings is 2. The molecule has 0 fully saturated rings. The minimum atomic E-state index is -3.70. The second-order valence-electron chi connectivity index (χ2n) is 6.71. The quantitative estimate of drug-likeness (QED) is 0.467. The van der Waals surface area contributed by atoms with Crippen molar-refractivity contribution in [2.75, 3.05) is 13.2 Å². The molecule has 0 unspecified atom stereocenters. The number of thiophene rings is 1. The molecule has 6 nitrogen and oxygen atoms in total. The largest absolute Gasteiger partial charge is 0.494 e. The molecule has 2 aromatic carbocycles. The van der Waals surface area contributed by atoms with Crippen LogP contribution >= 0.6 is 11.3 Å². The van der Waals surface area contributed by atoms with Crippen LogP contribution in [0.5, 0.6) is 5.75 Å². The third kappa shape index (κ3) is 6.41. The predicted molar refractivity (Wildman–Crippen MR) is 118 cm³/mol. The van der Waals surface area contributed by atoms with E-state index in [4.69, 9.17) is 4.74 Å². The number of rotatable bonds is 10. The molecule has 0 bridgehead atoms. The van der Waals surface area contributed by atoms with Gasteiger partial charge in [0.1, 0.15) is 5.75 Å². The highest BCUT2D eigenvalue weighted by Gasteiger charge is 2.16. The molecule has 0 spiro atoms. The van der Waals surface area contributed by atoms with E-state index in [1.807, 2.05) is 48.7 Å². The zero-order valence-electron chi connectivity index (χ0n) is 16.6. The van der Waals surface area contributed by atoms with Crippen LogP contribution in [0.1, 0.15) is 27.2 Å². The Bertz CT molecular complexity index is 1080. The van der Waals surface area contributed by atoms with Crippen molar-refractivity contribution in [3.05, 3.63) is 82.0 Å². The Labute approximate surface area is 181 Å². The first kappa shape index (κ1) is 22.0. The number of sulfonamides is 1. The lowest BCUT2D eigenvalue weighted by molar-refractivity contribution is 0.0951. The number of amides is 1. The van der Waals surface area contributed by atoms with Gasteiger partial charge < -0.3 is 10.1 Å². The summed E-state index contributed by atoms with van der Waals surface area (Å²) in [6, 6.07) is 17.5. The van der Waals surface area contributed by atoms with Gasteiger partial charge in [0.2, 0.25) is 10.0 Å². The molecule has 0 aliphatic heterocycles. The summed E-state index contributed by atoms with van der Waals surface area (Å²) >= 11 is 1.48. The SMILES string of the molecule is Cc1cccc(OCCCNC(=O)c2cccc(S(=O)(=O)NCc3cccs3)c2)c1. The summed E-state index contributed by atoms with van der Waals surface area (Å²) < 4.78 is 33.2. The second-order valence-corrected chi connectivity index (χ2v) is 9.51. The van der Waals surface area contributed by atoms with Crippen molar-refractivity contribution in [3.8, 4) is 5.75 Å².